The van der Waals surface area contributed by atoms with Crippen LogP contribution in [0.4, 0.5) is 5.82 Å². The van der Waals surface area contributed by atoms with Crippen LogP contribution in [0, 0.1) is 11.3 Å². The summed E-state index contributed by atoms with van der Waals surface area (Å²) in [7, 11) is 0. The van der Waals surface area contributed by atoms with Crippen molar-refractivity contribution in [1.82, 2.24) is 14.6 Å². The third-order valence-electron chi connectivity index (χ3n) is 4.14. The summed E-state index contributed by atoms with van der Waals surface area (Å²) in [6, 6.07) is 2.12. The molecule has 0 spiro atoms. The molecule has 21 heavy (non-hydrogen) atoms. The van der Waals surface area contributed by atoms with Crippen LogP contribution in [-0.2, 0) is 0 Å². The quantitative estimate of drug-likeness (QED) is 0.668. The molecule has 3 N–H and O–H groups in total. The van der Waals surface area contributed by atoms with Crippen molar-refractivity contribution in [2.45, 2.75) is 32.6 Å². The Hall–Kier alpha value is -2.11. The molecule has 3 heterocycles. The van der Waals surface area contributed by atoms with Crippen molar-refractivity contribution in [2.24, 2.45) is 11.7 Å². The van der Waals surface area contributed by atoms with Gasteiger partial charge in [0, 0.05) is 31.4 Å². The predicted molar refractivity (Wildman–Crippen MR) is 83.9 cm³/mol. The van der Waals surface area contributed by atoms with Crippen molar-refractivity contribution < 1.29 is 0 Å². The number of hydrogen-bond donors (Lipinski definition) is 2. The van der Waals surface area contributed by atoms with E-state index < -0.39 is 0 Å². The van der Waals surface area contributed by atoms with E-state index in [1.54, 1.807) is 6.20 Å². The molecule has 0 aromatic carbocycles. The smallest absolute Gasteiger partial charge is 0.154 e. The first-order valence-corrected chi connectivity index (χ1v) is 7.49. The minimum atomic E-state index is 0.133. The second-order valence-corrected chi connectivity index (χ2v) is 6.05. The summed E-state index contributed by atoms with van der Waals surface area (Å²) in [6.07, 6.45) is 5.71. The first-order chi connectivity index (χ1) is 10.1. The molecule has 1 unspecified atom stereocenters. The van der Waals surface area contributed by atoms with Crippen LogP contribution in [0.1, 0.15) is 38.3 Å². The highest BCUT2D eigenvalue weighted by Gasteiger charge is 2.24. The first-order valence-electron chi connectivity index (χ1n) is 7.49. The Balaban J connectivity index is 1.97. The van der Waals surface area contributed by atoms with Gasteiger partial charge in [0.2, 0.25) is 0 Å². The monoisotopic (exact) mass is 286 g/mol. The Morgan fingerprint density at radius 2 is 2.29 bits per heavy atom. The third kappa shape index (κ3) is 2.57. The summed E-state index contributed by atoms with van der Waals surface area (Å²) in [6.45, 7) is 6.01. The van der Waals surface area contributed by atoms with Gasteiger partial charge in [-0.05, 0) is 24.8 Å². The number of nitrogens with two attached hydrogens (primary N) is 1. The number of aromatic nitrogens is 3. The molecular formula is C15H22N6. The number of fused-ring (bicyclic) bond motifs is 1. The maximum absolute atomic E-state index is 7.68. The predicted octanol–water partition coefficient (Wildman–Crippen LogP) is 2.01. The van der Waals surface area contributed by atoms with Gasteiger partial charge in [-0.1, -0.05) is 13.8 Å². The van der Waals surface area contributed by atoms with Crippen molar-refractivity contribution >= 4 is 17.2 Å². The van der Waals surface area contributed by atoms with Crippen molar-refractivity contribution in [1.29, 1.82) is 5.41 Å². The van der Waals surface area contributed by atoms with Crippen molar-refractivity contribution in [3.63, 3.8) is 0 Å². The number of anilines is 1. The maximum Gasteiger partial charge on any atom is 0.154 e. The van der Waals surface area contributed by atoms with Crippen LogP contribution in [0.15, 0.2) is 18.5 Å². The van der Waals surface area contributed by atoms with Crippen LogP contribution in [0.2, 0.25) is 0 Å². The zero-order chi connectivity index (χ0) is 15.0. The number of nitrogens with zero attached hydrogens (tertiary/aromatic N) is 4. The lowest BCUT2D eigenvalue weighted by molar-refractivity contribution is 0.500. The molecule has 0 radical (unpaired) electrons. The van der Waals surface area contributed by atoms with Crippen molar-refractivity contribution in [3.8, 4) is 0 Å². The molecule has 1 aliphatic heterocycles. The highest BCUT2D eigenvalue weighted by molar-refractivity contribution is 5.81. The minimum absolute atomic E-state index is 0.133. The van der Waals surface area contributed by atoms with Gasteiger partial charge < -0.3 is 10.6 Å². The van der Waals surface area contributed by atoms with Gasteiger partial charge in [-0.3, -0.25) is 5.41 Å². The van der Waals surface area contributed by atoms with Crippen molar-refractivity contribution in [3.05, 3.63) is 24.2 Å². The minimum Gasteiger partial charge on any atom is -0.387 e. The van der Waals surface area contributed by atoms with Gasteiger partial charge in [0.25, 0.3) is 0 Å². The van der Waals surface area contributed by atoms with Crippen molar-refractivity contribution in [2.75, 3.05) is 18.0 Å². The molecule has 1 atom stereocenters. The third-order valence-corrected chi connectivity index (χ3v) is 4.14. The Labute approximate surface area is 124 Å². The van der Waals surface area contributed by atoms with E-state index in [-0.39, 0.29) is 11.8 Å². The fraction of sp³-hybridized carbons (Fsp3) is 0.533. The second kappa shape index (κ2) is 5.35. The van der Waals surface area contributed by atoms with Crippen LogP contribution in [-0.4, -0.2) is 33.5 Å². The summed E-state index contributed by atoms with van der Waals surface area (Å²) in [5, 5.41) is 12.3. The van der Waals surface area contributed by atoms with Gasteiger partial charge in [-0.15, -0.1) is 0 Å². The average molecular weight is 286 g/mol. The summed E-state index contributed by atoms with van der Waals surface area (Å²) >= 11 is 0. The van der Waals surface area contributed by atoms with E-state index in [0.29, 0.717) is 5.92 Å². The summed E-state index contributed by atoms with van der Waals surface area (Å²) in [5.41, 5.74) is 7.79. The van der Waals surface area contributed by atoms with Crippen LogP contribution in [0.25, 0.3) is 5.52 Å². The molecule has 3 rings (SSSR count). The molecule has 6 nitrogen and oxygen atoms in total. The zero-order valence-corrected chi connectivity index (χ0v) is 12.6. The molecule has 0 bridgehead atoms. The number of nitrogens with one attached hydrogen (secondary N) is 1. The van der Waals surface area contributed by atoms with Crippen LogP contribution >= 0.6 is 0 Å². The Morgan fingerprint density at radius 3 is 3.00 bits per heavy atom. The molecule has 6 heteroatoms. The molecule has 1 fully saturated rings. The zero-order valence-electron chi connectivity index (χ0n) is 12.6. The topological polar surface area (TPSA) is 83.3 Å². The summed E-state index contributed by atoms with van der Waals surface area (Å²) in [4.78, 5) is 6.78. The lowest BCUT2D eigenvalue weighted by atomic mass is 9.97. The maximum atomic E-state index is 7.68. The normalized spacial score (nSPS) is 19.4. The fourth-order valence-corrected chi connectivity index (χ4v) is 2.88. The van der Waals surface area contributed by atoms with Gasteiger partial charge in [0.15, 0.2) is 5.82 Å². The summed E-state index contributed by atoms with van der Waals surface area (Å²) < 4.78 is 1.90. The molecule has 112 valence electrons. The lowest BCUT2D eigenvalue weighted by Crippen LogP contribution is -2.41. The van der Waals surface area contributed by atoms with E-state index in [9.17, 15) is 0 Å². The van der Waals surface area contributed by atoms with Gasteiger partial charge in [0.05, 0.1) is 11.5 Å². The second-order valence-electron chi connectivity index (χ2n) is 6.05. The van der Waals surface area contributed by atoms with Crippen LogP contribution in [0.3, 0.4) is 0 Å². The molecule has 2 aromatic heterocycles. The van der Waals surface area contributed by atoms with E-state index in [1.165, 1.54) is 0 Å². The number of hydrogen-bond acceptors (Lipinski definition) is 4. The van der Waals surface area contributed by atoms with E-state index >= 15 is 0 Å². The van der Waals surface area contributed by atoms with E-state index in [0.717, 1.165) is 43.0 Å². The summed E-state index contributed by atoms with van der Waals surface area (Å²) in [5.74, 6) is 1.75. The number of piperidine rings is 1. The highest BCUT2D eigenvalue weighted by atomic mass is 15.3. The number of rotatable bonds is 3. The Morgan fingerprint density at radius 1 is 1.48 bits per heavy atom. The van der Waals surface area contributed by atoms with E-state index in [1.807, 2.05) is 10.7 Å². The molecule has 0 amide bonds. The number of amidine groups is 1. The highest BCUT2D eigenvalue weighted by Crippen LogP contribution is 2.26. The largest absolute Gasteiger partial charge is 0.387 e. The van der Waals surface area contributed by atoms with Gasteiger partial charge in [-0.25, -0.2) is 9.50 Å². The van der Waals surface area contributed by atoms with Crippen LogP contribution < -0.4 is 10.6 Å². The molecule has 1 aliphatic rings. The van der Waals surface area contributed by atoms with Gasteiger partial charge >= 0.3 is 0 Å². The van der Waals surface area contributed by atoms with E-state index in [4.69, 9.17) is 11.1 Å². The first kappa shape index (κ1) is 13.9. The fourth-order valence-electron chi connectivity index (χ4n) is 2.88. The molecular weight excluding hydrogens is 264 g/mol. The molecule has 0 aliphatic carbocycles. The molecule has 2 aromatic rings. The molecule has 0 saturated carbocycles. The van der Waals surface area contributed by atoms with Gasteiger partial charge in [0.1, 0.15) is 5.52 Å². The Bertz CT molecular complexity index is 659. The van der Waals surface area contributed by atoms with E-state index in [2.05, 4.69) is 34.9 Å². The van der Waals surface area contributed by atoms with Crippen LogP contribution in [0.5, 0.6) is 0 Å². The SMILES string of the molecule is CC(C)c1cc2c(N3CCCC(C(=N)N)C3)nccn2n1. The standard InChI is InChI=1S/C15H22N6/c1-10(2)12-8-13-15(18-5-7-21(13)19-12)20-6-3-4-11(9-20)14(16)17/h5,7-8,10-11H,3-4,6,9H2,1-2H3,(H3,16,17). The molecule has 1 saturated heterocycles. The van der Waals surface area contributed by atoms with Gasteiger partial charge in [-0.2, -0.15) is 5.10 Å². The Kier molecular flexibility index (Phi) is 3.53. The lowest BCUT2D eigenvalue weighted by Gasteiger charge is -2.33. The average Bonchev–Trinajstić information content (AvgIpc) is 2.91.